The van der Waals surface area contributed by atoms with Crippen LogP contribution in [-0.4, -0.2) is 9.78 Å². The molecule has 3 nitrogen and oxygen atoms in total. The van der Waals surface area contributed by atoms with Gasteiger partial charge >= 0.3 is 6.18 Å². The van der Waals surface area contributed by atoms with Gasteiger partial charge in [-0.25, -0.2) is 0 Å². The molecular weight excluding hydrogens is 303 g/mol. The number of hydrogen-bond acceptors (Lipinski definition) is 2. The molecule has 1 aromatic carbocycles. The van der Waals surface area contributed by atoms with Gasteiger partial charge in [0.2, 0.25) is 0 Å². The summed E-state index contributed by atoms with van der Waals surface area (Å²) in [4.78, 5) is 0. The first-order valence-corrected chi connectivity index (χ1v) is 6.67. The molecular formula is C14H15ClF3N3. The van der Waals surface area contributed by atoms with Crippen molar-refractivity contribution >= 4 is 17.3 Å². The highest BCUT2D eigenvalue weighted by molar-refractivity contribution is 6.30. The highest BCUT2D eigenvalue weighted by atomic mass is 35.5. The molecule has 21 heavy (non-hydrogen) atoms. The van der Waals surface area contributed by atoms with E-state index < -0.39 is 11.7 Å². The summed E-state index contributed by atoms with van der Waals surface area (Å²) in [5.74, 6) is 0. The highest BCUT2D eigenvalue weighted by Crippen LogP contribution is 2.33. The maximum absolute atomic E-state index is 12.9. The van der Waals surface area contributed by atoms with Gasteiger partial charge in [0.05, 0.1) is 11.3 Å². The van der Waals surface area contributed by atoms with Crippen LogP contribution in [0.5, 0.6) is 0 Å². The van der Waals surface area contributed by atoms with Crippen molar-refractivity contribution in [3.05, 3.63) is 45.7 Å². The molecule has 0 amide bonds. The smallest absolute Gasteiger partial charge is 0.381 e. The molecule has 0 radical (unpaired) electrons. The summed E-state index contributed by atoms with van der Waals surface area (Å²) in [6.45, 7) is 3.56. The molecule has 1 N–H and O–H groups in total. The van der Waals surface area contributed by atoms with Crippen LogP contribution in [0.1, 0.15) is 22.4 Å². The van der Waals surface area contributed by atoms with E-state index in [1.54, 1.807) is 20.0 Å². The van der Waals surface area contributed by atoms with Crippen molar-refractivity contribution in [2.75, 3.05) is 5.32 Å². The molecule has 0 bridgehead atoms. The molecule has 0 saturated carbocycles. The summed E-state index contributed by atoms with van der Waals surface area (Å²) in [5.41, 5.74) is 1.48. The van der Waals surface area contributed by atoms with E-state index in [0.717, 1.165) is 17.3 Å². The second kappa shape index (κ2) is 5.60. The molecule has 1 aromatic heterocycles. The predicted octanol–water partition coefficient (Wildman–Crippen LogP) is 4.32. The van der Waals surface area contributed by atoms with Gasteiger partial charge in [0.15, 0.2) is 0 Å². The minimum Gasteiger partial charge on any atom is -0.381 e. The zero-order valence-electron chi connectivity index (χ0n) is 11.8. The lowest BCUT2D eigenvalue weighted by atomic mass is 10.1. The number of aromatic nitrogens is 2. The second-order valence-corrected chi connectivity index (χ2v) is 5.22. The number of alkyl halides is 3. The van der Waals surface area contributed by atoms with E-state index in [1.807, 2.05) is 0 Å². The van der Waals surface area contributed by atoms with Crippen molar-refractivity contribution < 1.29 is 13.2 Å². The summed E-state index contributed by atoms with van der Waals surface area (Å²) in [7, 11) is 1.71. The van der Waals surface area contributed by atoms with Crippen LogP contribution in [0.3, 0.4) is 0 Å². The molecule has 0 saturated heterocycles. The first-order chi connectivity index (χ1) is 9.70. The van der Waals surface area contributed by atoms with E-state index >= 15 is 0 Å². The summed E-state index contributed by atoms with van der Waals surface area (Å²) in [6.07, 6.45) is -4.36. The minimum absolute atomic E-state index is 0.198. The van der Waals surface area contributed by atoms with Crippen LogP contribution < -0.4 is 5.32 Å². The van der Waals surface area contributed by atoms with E-state index in [0.29, 0.717) is 17.4 Å². The first kappa shape index (κ1) is 15.7. The van der Waals surface area contributed by atoms with Gasteiger partial charge in [-0.15, -0.1) is 0 Å². The predicted molar refractivity (Wildman–Crippen MR) is 76.5 cm³/mol. The van der Waals surface area contributed by atoms with E-state index in [-0.39, 0.29) is 5.56 Å². The average Bonchev–Trinajstić information content (AvgIpc) is 2.61. The number of aryl methyl sites for hydroxylation is 3. The lowest BCUT2D eigenvalue weighted by Crippen LogP contribution is -2.09. The van der Waals surface area contributed by atoms with E-state index in [9.17, 15) is 13.2 Å². The Bertz CT molecular complexity index is 662. The van der Waals surface area contributed by atoms with E-state index in [2.05, 4.69) is 10.4 Å². The summed E-state index contributed by atoms with van der Waals surface area (Å²) >= 11 is 6.09. The molecule has 0 unspecified atom stereocenters. The Morgan fingerprint density at radius 1 is 1.29 bits per heavy atom. The topological polar surface area (TPSA) is 29.9 Å². The molecule has 0 fully saturated rings. The Hall–Kier alpha value is -1.69. The summed E-state index contributed by atoms with van der Waals surface area (Å²) < 4.78 is 40.1. The fraction of sp³-hybridized carbons (Fsp3) is 0.357. The van der Waals surface area contributed by atoms with Gasteiger partial charge in [0, 0.05) is 24.8 Å². The lowest BCUT2D eigenvalue weighted by Gasteiger charge is -2.13. The third-order valence-electron chi connectivity index (χ3n) is 3.28. The molecule has 0 aliphatic rings. The maximum Gasteiger partial charge on any atom is 0.416 e. The minimum atomic E-state index is -4.36. The van der Waals surface area contributed by atoms with Crippen molar-refractivity contribution in [1.29, 1.82) is 0 Å². The van der Waals surface area contributed by atoms with Gasteiger partial charge in [-0.3, -0.25) is 4.68 Å². The molecule has 0 spiro atoms. The van der Waals surface area contributed by atoms with Crippen LogP contribution in [0.25, 0.3) is 0 Å². The van der Waals surface area contributed by atoms with Gasteiger partial charge in [0.1, 0.15) is 5.15 Å². The summed E-state index contributed by atoms with van der Waals surface area (Å²) in [5, 5.41) is 7.59. The number of rotatable bonds is 3. The molecule has 1 heterocycles. The molecule has 0 atom stereocenters. The van der Waals surface area contributed by atoms with Gasteiger partial charge < -0.3 is 5.32 Å². The number of nitrogens with one attached hydrogen (secondary N) is 1. The van der Waals surface area contributed by atoms with Crippen LogP contribution >= 0.6 is 11.6 Å². The Balaban J connectivity index is 2.21. The Morgan fingerprint density at radius 2 is 1.95 bits per heavy atom. The fourth-order valence-corrected chi connectivity index (χ4v) is 2.34. The zero-order valence-corrected chi connectivity index (χ0v) is 12.6. The first-order valence-electron chi connectivity index (χ1n) is 6.30. The molecule has 0 aliphatic heterocycles. The zero-order chi connectivity index (χ0) is 15.8. The van der Waals surface area contributed by atoms with Gasteiger partial charge in [-0.05, 0) is 31.5 Å². The number of anilines is 1. The van der Waals surface area contributed by atoms with Crippen LogP contribution in [0.4, 0.5) is 18.9 Å². The fourth-order valence-electron chi connectivity index (χ4n) is 2.10. The van der Waals surface area contributed by atoms with Crippen molar-refractivity contribution in [1.82, 2.24) is 9.78 Å². The van der Waals surface area contributed by atoms with E-state index in [4.69, 9.17) is 11.6 Å². The second-order valence-electron chi connectivity index (χ2n) is 4.86. The van der Waals surface area contributed by atoms with Crippen molar-refractivity contribution in [2.24, 2.45) is 7.05 Å². The Morgan fingerprint density at radius 3 is 2.48 bits per heavy atom. The largest absolute Gasteiger partial charge is 0.416 e. The highest BCUT2D eigenvalue weighted by Gasteiger charge is 2.32. The quantitative estimate of drug-likeness (QED) is 0.913. The third kappa shape index (κ3) is 3.32. The van der Waals surface area contributed by atoms with Crippen LogP contribution in [0.15, 0.2) is 18.2 Å². The molecule has 7 heteroatoms. The van der Waals surface area contributed by atoms with Crippen LogP contribution in [-0.2, 0) is 19.8 Å². The number of hydrogen-bond donors (Lipinski definition) is 1. The van der Waals surface area contributed by atoms with Gasteiger partial charge in [-0.1, -0.05) is 17.7 Å². The molecule has 2 rings (SSSR count). The van der Waals surface area contributed by atoms with Gasteiger partial charge in [0.25, 0.3) is 0 Å². The molecule has 114 valence electrons. The molecule has 2 aromatic rings. The molecule has 0 aliphatic carbocycles. The van der Waals surface area contributed by atoms with Crippen LogP contribution in [0.2, 0.25) is 5.15 Å². The maximum atomic E-state index is 12.9. The van der Waals surface area contributed by atoms with Crippen molar-refractivity contribution in [3.8, 4) is 0 Å². The van der Waals surface area contributed by atoms with Gasteiger partial charge in [-0.2, -0.15) is 18.3 Å². The standard InChI is InChI=1S/C14H15ClF3N3/c1-8-4-5-10(6-12(8)14(16,17)18)19-7-11-9(2)20-21(3)13(11)15/h4-6,19H,7H2,1-3H3. The monoisotopic (exact) mass is 317 g/mol. The number of benzene rings is 1. The Kier molecular flexibility index (Phi) is 4.18. The van der Waals surface area contributed by atoms with E-state index in [1.165, 1.54) is 17.7 Å². The number of nitrogens with zero attached hydrogens (tertiary/aromatic N) is 2. The number of halogens is 4. The lowest BCUT2D eigenvalue weighted by molar-refractivity contribution is -0.138. The van der Waals surface area contributed by atoms with Crippen molar-refractivity contribution in [2.45, 2.75) is 26.6 Å². The third-order valence-corrected chi connectivity index (χ3v) is 3.75. The van der Waals surface area contributed by atoms with Crippen molar-refractivity contribution in [3.63, 3.8) is 0 Å². The van der Waals surface area contributed by atoms with Crippen LogP contribution in [0, 0.1) is 13.8 Å². The SMILES string of the molecule is Cc1ccc(NCc2c(C)nn(C)c2Cl)cc1C(F)(F)F. The average molecular weight is 318 g/mol. The Labute approximate surface area is 125 Å². The normalized spacial score (nSPS) is 11.8. The summed E-state index contributed by atoms with van der Waals surface area (Å²) in [6, 6.07) is 4.17.